The van der Waals surface area contributed by atoms with Gasteiger partial charge in [0.05, 0.1) is 15.5 Å². The van der Waals surface area contributed by atoms with E-state index in [1.807, 2.05) is 0 Å². The smallest absolute Gasteiger partial charge is 0.243 e. The van der Waals surface area contributed by atoms with E-state index in [2.05, 4.69) is 5.32 Å². The van der Waals surface area contributed by atoms with Gasteiger partial charge in [0.15, 0.2) is 0 Å². The van der Waals surface area contributed by atoms with E-state index in [0.717, 1.165) is 43.4 Å². The Balaban J connectivity index is 1.43. The van der Waals surface area contributed by atoms with Crippen molar-refractivity contribution in [2.75, 3.05) is 13.1 Å². The van der Waals surface area contributed by atoms with Gasteiger partial charge < -0.3 is 5.32 Å². The maximum Gasteiger partial charge on any atom is 0.243 e. The Labute approximate surface area is 191 Å². The Morgan fingerprint density at radius 1 is 1.03 bits per heavy atom. The molecule has 1 saturated carbocycles. The van der Waals surface area contributed by atoms with Crippen LogP contribution >= 0.6 is 11.6 Å². The highest BCUT2D eigenvalue weighted by atomic mass is 35.5. The molecule has 0 unspecified atom stereocenters. The number of carbonyl (C=O) groups excluding carboxylic acids is 1. The molecule has 1 heterocycles. The van der Waals surface area contributed by atoms with Gasteiger partial charge in [0.1, 0.15) is 11.6 Å². The predicted octanol–water partition coefficient (Wildman–Crippen LogP) is 4.60. The number of benzene rings is 2. The number of piperidine rings is 1. The Hall–Kier alpha value is -2.03. The lowest BCUT2D eigenvalue weighted by Crippen LogP contribution is -2.49. The molecular formula is C23H25ClF2N2O3S. The molecule has 0 spiro atoms. The molecule has 1 aliphatic heterocycles. The van der Waals surface area contributed by atoms with Crippen LogP contribution < -0.4 is 5.32 Å². The van der Waals surface area contributed by atoms with Crippen LogP contribution in [0.1, 0.15) is 44.1 Å². The number of hydrogen-bond acceptors (Lipinski definition) is 3. The molecule has 2 aromatic carbocycles. The quantitative estimate of drug-likeness (QED) is 0.677. The number of nitrogens with zero attached hydrogens (tertiary/aromatic N) is 1. The monoisotopic (exact) mass is 482 g/mol. The van der Waals surface area contributed by atoms with Gasteiger partial charge in [-0.3, -0.25) is 4.79 Å². The second kappa shape index (κ2) is 9.08. The fourth-order valence-corrected chi connectivity index (χ4v) is 6.46. The van der Waals surface area contributed by atoms with Crippen LogP contribution in [0.5, 0.6) is 0 Å². The highest BCUT2D eigenvalue weighted by Gasteiger charge is 2.40. The molecule has 1 N–H and O–H groups in total. The average molecular weight is 483 g/mol. The van der Waals surface area contributed by atoms with E-state index in [9.17, 15) is 22.0 Å². The van der Waals surface area contributed by atoms with Crippen molar-refractivity contribution in [2.45, 2.75) is 49.0 Å². The summed E-state index contributed by atoms with van der Waals surface area (Å²) in [5.74, 6) is -1.40. The summed E-state index contributed by atoms with van der Waals surface area (Å²) in [6, 6.07) is 9.61. The van der Waals surface area contributed by atoms with Crippen LogP contribution in [0, 0.1) is 17.6 Å². The second-order valence-electron chi connectivity index (χ2n) is 8.54. The van der Waals surface area contributed by atoms with Gasteiger partial charge in [-0.2, -0.15) is 4.31 Å². The fourth-order valence-electron chi connectivity index (χ4n) is 4.72. The number of carbonyl (C=O) groups is 1. The van der Waals surface area contributed by atoms with E-state index in [-0.39, 0.29) is 40.6 Å². The molecule has 9 heteroatoms. The molecule has 5 nitrogen and oxygen atoms in total. The predicted molar refractivity (Wildman–Crippen MR) is 118 cm³/mol. The summed E-state index contributed by atoms with van der Waals surface area (Å²) >= 11 is 5.75. The number of hydrogen-bond donors (Lipinski definition) is 1. The number of halogens is 3. The first kappa shape index (κ1) is 23.1. The van der Waals surface area contributed by atoms with Crippen LogP contribution in [-0.2, 0) is 20.4 Å². The van der Waals surface area contributed by atoms with Crippen molar-refractivity contribution < 1.29 is 22.0 Å². The molecule has 0 aromatic heterocycles. The van der Waals surface area contributed by atoms with Gasteiger partial charge >= 0.3 is 0 Å². The molecule has 2 aromatic rings. The van der Waals surface area contributed by atoms with Crippen LogP contribution in [0.2, 0.25) is 5.02 Å². The second-order valence-corrected chi connectivity index (χ2v) is 10.9. The molecule has 1 saturated heterocycles. The van der Waals surface area contributed by atoms with Gasteiger partial charge in [0.25, 0.3) is 0 Å². The molecule has 1 aliphatic carbocycles. The van der Waals surface area contributed by atoms with Crippen molar-refractivity contribution in [3.05, 3.63) is 64.7 Å². The number of amides is 1. The standard InChI is InChI=1S/C23H25ClF2N2O3S/c24-20-15-19(7-8-21(20)26)32(30,31)28-13-9-16(10-14-28)22(29)27-23(11-1-2-12-23)17-3-5-18(25)6-4-17/h3-8,15-16H,1-2,9-14H2,(H,27,29). The van der Waals surface area contributed by atoms with E-state index in [1.54, 1.807) is 12.1 Å². The Kier molecular flexibility index (Phi) is 6.56. The zero-order valence-corrected chi connectivity index (χ0v) is 19.1. The molecule has 0 radical (unpaired) electrons. The molecule has 32 heavy (non-hydrogen) atoms. The largest absolute Gasteiger partial charge is 0.346 e. The van der Waals surface area contributed by atoms with E-state index < -0.39 is 21.4 Å². The molecule has 1 amide bonds. The summed E-state index contributed by atoms with van der Waals surface area (Å²) in [4.78, 5) is 13.0. The minimum absolute atomic E-state index is 0.0620. The third kappa shape index (κ3) is 4.54. The van der Waals surface area contributed by atoms with E-state index in [0.29, 0.717) is 12.8 Å². The summed E-state index contributed by atoms with van der Waals surface area (Å²) in [6.07, 6.45) is 4.33. The van der Waals surface area contributed by atoms with Crippen molar-refractivity contribution in [2.24, 2.45) is 5.92 Å². The molecule has 0 bridgehead atoms. The third-order valence-electron chi connectivity index (χ3n) is 6.57. The fraction of sp³-hybridized carbons (Fsp3) is 0.435. The number of rotatable bonds is 5. The van der Waals surface area contributed by atoms with Crippen LogP contribution in [0.25, 0.3) is 0 Å². The molecule has 2 fully saturated rings. The minimum atomic E-state index is -3.82. The van der Waals surface area contributed by atoms with Gasteiger partial charge in [-0.1, -0.05) is 36.6 Å². The van der Waals surface area contributed by atoms with E-state index in [4.69, 9.17) is 11.6 Å². The van der Waals surface area contributed by atoms with Gasteiger partial charge in [-0.15, -0.1) is 0 Å². The first-order valence-electron chi connectivity index (χ1n) is 10.7. The van der Waals surface area contributed by atoms with Crippen LogP contribution in [-0.4, -0.2) is 31.7 Å². The van der Waals surface area contributed by atoms with Gasteiger partial charge in [-0.05, 0) is 61.6 Å². The molecule has 2 aliphatic rings. The Morgan fingerprint density at radius 2 is 1.66 bits per heavy atom. The maximum atomic E-state index is 13.4. The third-order valence-corrected chi connectivity index (χ3v) is 8.75. The highest BCUT2D eigenvalue weighted by Crippen LogP contribution is 2.39. The van der Waals surface area contributed by atoms with Crippen molar-refractivity contribution in [1.82, 2.24) is 9.62 Å². The highest BCUT2D eigenvalue weighted by molar-refractivity contribution is 7.89. The van der Waals surface area contributed by atoms with Crippen LogP contribution in [0.3, 0.4) is 0 Å². The zero-order valence-electron chi connectivity index (χ0n) is 17.5. The topological polar surface area (TPSA) is 66.5 Å². The lowest BCUT2D eigenvalue weighted by Gasteiger charge is -2.35. The lowest BCUT2D eigenvalue weighted by molar-refractivity contribution is -0.128. The van der Waals surface area contributed by atoms with Crippen molar-refractivity contribution in [3.8, 4) is 0 Å². The molecule has 4 rings (SSSR count). The first-order chi connectivity index (χ1) is 15.2. The van der Waals surface area contributed by atoms with E-state index >= 15 is 0 Å². The van der Waals surface area contributed by atoms with Crippen molar-refractivity contribution >= 4 is 27.5 Å². The van der Waals surface area contributed by atoms with Crippen LogP contribution in [0.4, 0.5) is 8.78 Å². The number of sulfonamides is 1. The Bertz CT molecular complexity index is 1090. The lowest BCUT2D eigenvalue weighted by atomic mass is 9.86. The molecule has 172 valence electrons. The molecular weight excluding hydrogens is 458 g/mol. The summed E-state index contributed by atoms with van der Waals surface area (Å²) in [7, 11) is -3.82. The zero-order chi connectivity index (χ0) is 22.9. The molecule has 0 atom stereocenters. The van der Waals surface area contributed by atoms with E-state index in [1.165, 1.54) is 22.5 Å². The normalized spacial score (nSPS) is 19.7. The summed E-state index contributed by atoms with van der Waals surface area (Å²) in [5.41, 5.74) is 0.400. The average Bonchev–Trinajstić information content (AvgIpc) is 3.25. The summed E-state index contributed by atoms with van der Waals surface area (Å²) in [5, 5.41) is 2.96. The van der Waals surface area contributed by atoms with Crippen LogP contribution in [0.15, 0.2) is 47.4 Å². The van der Waals surface area contributed by atoms with Gasteiger partial charge in [0.2, 0.25) is 15.9 Å². The van der Waals surface area contributed by atoms with Gasteiger partial charge in [-0.25, -0.2) is 17.2 Å². The van der Waals surface area contributed by atoms with Gasteiger partial charge in [0, 0.05) is 19.0 Å². The first-order valence-corrected chi connectivity index (χ1v) is 12.6. The summed E-state index contributed by atoms with van der Waals surface area (Å²) < 4.78 is 53.9. The minimum Gasteiger partial charge on any atom is -0.346 e. The Morgan fingerprint density at radius 3 is 2.25 bits per heavy atom. The summed E-state index contributed by atoms with van der Waals surface area (Å²) in [6.45, 7) is 0.387. The number of nitrogens with one attached hydrogen (secondary N) is 1. The van der Waals surface area contributed by atoms with Crippen molar-refractivity contribution in [3.63, 3.8) is 0 Å². The van der Waals surface area contributed by atoms with Crippen molar-refractivity contribution in [1.29, 1.82) is 0 Å². The SMILES string of the molecule is O=C(NC1(c2ccc(F)cc2)CCCC1)C1CCN(S(=O)(=O)c2ccc(F)c(Cl)c2)CC1. The maximum absolute atomic E-state index is 13.4.